The number of aromatic nitrogens is 3. The Hall–Kier alpha value is -2.38. The molecule has 5 nitrogen and oxygen atoms in total. The standard InChI is InChI=1S/C13H14F3N5/c1-3-7(2)18-13-20-10(6-17-21-13)19-9-5-4-8(14)11(15)12(9)16/h4-7H,3H2,1-2H3,(H2,18,19,20,21). The van der Waals surface area contributed by atoms with Gasteiger partial charge in [-0.15, -0.1) is 5.10 Å². The monoisotopic (exact) mass is 297 g/mol. The molecule has 1 aromatic carbocycles. The molecule has 2 rings (SSSR count). The first-order valence-electron chi connectivity index (χ1n) is 6.38. The van der Waals surface area contributed by atoms with Gasteiger partial charge in [0.15, 0.2) is 23.3 Å². The first-order valence-corrected chi connectivity index (χ1v) is 6.38. The minimum absolute atomic E-state index is 0.141. The van der Waals surface area contributed by atoms with Crippen LogP contribution in [0.1, 0.15) is 20.3 Å². The molecule has 0 aliphatic carbocycles. The molecule has 1 aromatic heterocycles. The summed E-state index contributed by atoms with van der Waals surface area (Å²) in [5.74, 6) is -3.68. The van der Waals surface area contributed by atoms with Gasteiger partial charge in [-0.1, -0.05) is 6.92 Å². The van der Waals surface area contributed by atoms with E-state index < -0.39 is 17.5 Å². The average molecular weight is 297 g/mol. The zero-order valence-corrected chi connectivity index (χ0v) is 11.5. The van der Waals surface area contributed by atoms with Crippen molar-refractivity contribution in [2.24, 2.45) is 0 Å². The fourth-order valence-corrected chi connectivity index (χ4v) is 1.51. The van der Waals surface area contributed by atoms with E-state index in [1.54, 1.807) is 0 Å². The van der Waals surface area contributed by atoms with Crippen molar-refractivity contribution in [3.63, 3.8) is 0 Å². The second-order valence-corrected chi connectivity index (χ2v) is 4.47. The van der Waals surface area contributed by atoms with Crippen molar-refractivity contribution in [2.75, 3.05) is 10.6 Å². The summed E-state index contributed by atoms with van der Waals surface area (Å²) in [4.78, 5) is 4.07. The van der Waals surface area contributed by atoms with Gasteiger partial charge >= 0.3 is 0 Å². The zero-order valence-electron chi connectivity index (χ0n) is 11.5. The number of rotatable bonds is 5. The number of halogens is 3. The Morgan fingerprint density at radius 3 is 2.67 bits per heavy atom. The summed E-state index contributed by atoms with van der Waals surface area (Å²) in [5.41, 5.74) is -0.233. The maximum absolute atomic E-state index is 13.6. The number of nitrogens with one attached hydrogen (secondary N) is 2. The van der Waals surface area contributed by atoms with Gasteiger partial charge in [-0.05, 0) is 25.5 Å². The molecule has 0 aliphatic heterocycles. The predicted octanol–water partition coefficient (Wildman–Crippen LogP) is 3.24. The Morgan fingerprint density at radius 2 is 1.95 bits per heavy atom. The first-order chi connectivity index (χ1) is 10.0. The lowest BCUT2D eigenvalue weighted by Gasteiger charge is -2.12. The second kappa shape index (κ2) is 6.38. The van der Waals surface area contributed by atoms with Crippen molar-refractivity contribution in [3.8, 4) is 0 Å². The number of anilines is 3. The Bertz CT molecular complexity index is 635. The number of benzene rings is 1. The summed E-state index contributed by atoms with van der Waals surface area (Å²) in [6.45, 7) is 3.93. The fourth-order valence-electron chi connectivity index (χ4n) is 1.51. The van der Waals surface area contributed by atoms with Crippen molar-refractivity contribution < 1.29 is 13.2 Å². The highest BCUT2D eigenvalue weighted by atomic mass is 19.2. The largest absolute Gasteiger partial charge is 0.350 e. The fraction of sp³-hybridized carbons (Fsp3) is 0.308. The molecule has 2 N–H and O–H groups in total. The molecule has 0 aliphatic rings. The van der Waals surface area contributed by atoms with Crippen molar-refractivity contribution in [1.82, 2.24) is 15.2 Å². The van der Waals surface area contributed by atoms with Gasteiger partial charge in [0.1, 0.15) is 0 Å². The lowest BCUT2D eigenvalue weighted by atomic mass is 10.3. The van der Waals surface area contributed by atoms with E-state index in [0.717, 1.165) is 18.6 Å². The van der Waals surface area contributed by atoms with Gasteiger partial charge in [0.05, 0.1) is 11.9 Å². The van der Waals surface area contributed by atoms with Crippen molar-refractivity contribution >= 4 is 17.5 Å². The summed E-state index contributed by atoms with van der Waals surface area (Å²) < 4.78 is 39.6. The van der Waals surface area contributed by atoms with Gasteiger partial charge in [0, 0.05) is 6.04 Å². The van der Waals surface area contributed by atoms with Crippen LogP contribution >= 0.6 is 0 Å². The van der Waals surface area contributed by atoms with Crippen LogP contribution in [-0.2, 0) is 0 Å². The molecular weight excluding hydrogens is 283 g/mol. The molecule has 0 saturated heterocycles. The molecule has 0 spiro atoms. The molecule has 1 unspecified atom stereocenters. The van der Waals surface area contributed by atoms with Gasteiger partial charge in [-0.3, -0.25) is 0 Å². The van der Waals surface area contributed by atoms with Crippen LogP contribution in [0, 0.1) is 17.5 Å². The highest BCUT2D eigenvalue weighted by molar-refractivity contribution is 5.57. The van der Waals surface area contributed by atoms with Crippen molar-refractivity contribution in [1.29, 1.82) is 0 Å². The molecule has 112 valence electrons. The molecule has 8 heteroatoms. The van der Waals surface area contributed by atoms with Gasteiger partial charge in [-0.2, -0.15) is 10.1 Å². The molecule has 0 saturated carbocycles. The Labute approximate surface area is 119 Å². The highest BCUT2D eigenvalue weighted by Gasteiger charge is 2.14. The SMILES string of the molecule is CCC(C)Nc1nncc(Nc2ccc(F)c(F)c2F)n1. The van der Waals surface area contributed by atoms with Gasteiger partial charge in [-0.25, -0.2) is 13.2 Å². The highest BCUT2D eigenvalue weighted by Crippen LogP contribution is 2.22. The lowest BCUT2D eigenvalue weighted by Crippen LogP contribution is -2.16. The average Bonchev–Trinajstić information content (AvgIpc) is 2.48. The maximum Gasteiger partial charge on any atom is 0.244 e. The van der Waals surface area contributed by atoms with Gasteiger partial charge in [0.25, 0.3) is 0 Å². The van der Waals surface area contributed by atoms with Crippen LogP contribution in [0.15, 0.2) is 18.3 Å². The maximum atomic E-state index is 13.6. The first kappa shape index (κ1) is 15.0. The quantitative estimate of drug-likeness (QED) is 0.830. The number of hydrogen-bond donors (Lipinski definition) is 2. The third-order valence-corrected chi connectivity index (χ3v) is 2.84. The summed E-state index contributed by atoms with van der Waals surface area (Å²) in [7, 11) is 0. The normalized spacial score (nSPS) is 12.0. The Kier molecular flexibility index (Phi) is 4.56. The van der Waals surface area contributed by atoms with E-state index in [2.05, 4.69) is 25.8 Å². The van der Waals surface area contributed by atoms with Gasteiger partial charge < -0.3 is 10.6 Å². The van der Waals surface area contributed by atoms with E-state index in [1.807, 2.05) is 13.8 Å². The van der Waals surface area contributed by atoms with Crippen LogP contribution in [0.4, 0.5) is 30.6 Å². The van der Waals surface area contributed by atoms with Crippen LogP contribution in [0.25, 0.3) is 0 Å². The molecule has 1 atom stereocenters. The number of hydrogen-bond acceptors (Lipinski definition) is 5. The molecule has 0 fully saturated rings. The van der Waals surface area contributed by atoms with E-state index in [0.29, 0.717) is 0 Å². The molecule has 2 aromatic rings. The molecule has 0 bridgehead atoms. The summed E-state index contributed by atoms with van der Waals surface area (Å²) in [6.07, 6.45) is 2.11. The Balaban J connectivity index is 2.20. The third-order valence-electron chi connectivity index (χ3n) is 2.84. The molecule has 0 amide bonds. The van der Waals surface area contributed by atoms with E-state index in [-0.39, 0.29) is 23.5 Å². The van der Waals surface area contributed by atoms with E-state index in [9.17, 15) is 13.2 Å². The lowest BCUT2D eigenvalue weighted by molar-refractivity contribution is 0.449. The van der Waals surface area contributed by atoms with Crippen LogP contribution in [0.3, 0.4) is 0 Å². The Morgan fingerprint density at radius 1 is 1.19 bits per heavy atom. The van der Waals surface area contributed by atoms with E-state index in [1.165, 1.54) is 6.20 Å². The minimum Gasteiger partial charge on any atom is -0.350 e. The molecule has 21 heavy (non-hydrogen) atoms. The summed E-state index contributed by atoms with van der Waals surface area (Å²) in [5, 5.41) is 13.0. The van der Waals surface area contributed by atoms with E-state index in [4.69, 9.17) is 0 Å². The second-order valence-electron chi connectivity index (χ2n) is 4.47. The van der Waals surface area contributed by atoms with Crippen LogP contribution < -0.4 is 10.6 Å². The minimum atomic E-state index is -1.54. The topological polar surface area (TPSA) is 62.7 Å². The van der Waals surface area contributed by atoms with Crippen molar-refractivity contribution in [2.45, 2.75) is 26.3 Å². The summed E-state index contributed by atoms with van der Waals surface area (Å²) >= 11 is 0. The molecular formula is C13H14F3N5. The third kappa shape index (κ3) is 3.59. The molecule has 0 radical (unpaired) electrons. The molecule has 1 heterocycles. The van der Waals surface area contributed by atoms with Crippen molar-refractivity contribution in [3.05, 3.63) is 35.8 Å². The van der Waals surface area contributed by atoms with Crippen LogP contribution in [0.2, 0.25) is 0 Å². The van der Waals surface area contributed by atoms with Crippen LogP contribution in [-0.4, -0.2) is 21.2 Å². The number of nitrogens with zero attached hydrogens (tertiary/aromatic N) is 3. The smallest absolute Gasteiger partial charge is 0.244 e. The zero-order chi connectivity index (χ0) is 15.4. The van der Waals surface area contributed by atoms with Crippen LogP contribution in [0.5, 0.6) is 0 Å². The van der Waals surface area contributed by atoms with Gasteiger partial charge in [0.2, 0.25) is 5.95 Å². The predicted molar refractivity (Wildman–Crippen MR) is 72.8 cm³/mol. The summed E-state index contributed by atoms with van der Waals surface area (Å²) in [6, 6.07) is 2.05. The van der Waals surface area contributed by atoms with E-state index >= 15 is 0 Å².